The Kier molecular flexibility index (Phi) is 6.40. The molecule has 0 aliphatic carbocycles. The zero-order valence-corrected chi connectivity index (χ0v) is 14.1. The number of carbonyl (C=O) groups excluding carboxylic acids is 1. The highest BCUT2D eigenvalue weighted by Gasteiger charge is 2.19. The van der Waals surface area contributed by atoms with E-state index in [1.54, 1.807) is 0 Å². The van der Waals surface area contributed by atoms with Crippen LogP contribution in [0, 0.1) is 6.92 Å². The van der Waals surface area contributed by atoms with Crippen molar-refractivity contribution in [2.45, 2.75) is 39.3 Å². The second-order valence-corrected chi connectivity index (χ2v) is 6.43. The first kappa shape index (κ1) is 17.0. The second-order valence-electron chi connectivity index (χ2n) is 6.43. The first-order chi connectivity index (χ1) is 10.6. The third-order valence-electron chi connectivity index (χ3n) is 4.39. The van der Waals surface area contributed by atoms with E-state index in [4.69, 9.17) is 0 Å². The fraction of sp³-hybridized carbons (Fsp3) is 0.611. The lowest BCUT2D eigenvalue weighted by molar-refractivity contribution is -0.123. The Bertz CT molecular complexity index is 464. The van der Waals surface area contributed by atoms with Crippen molar-refractivity contribution in [3.8, 4) is 0 Å². The molecule has 1 amide bonds. The van der Waals surface area contributed by atoms with E-state index in [1.165, 1.54) is 11.1 Å². The lowest BCUT2D eigenvalue weighted by Gasteiger charge is -2.31. The molecule has 0 radical (unpaired) electrons. The predicted molar refractivity (Wildman–Crippen MR) is 90.8 cm³/mol. The summed E-state index contributed by atoms with van der Waals surface area (Å²) in [5, 5.41) is 3.18. The van der Waals surface area contributed by atoms with Gasteiger partial charge in [-0.05, 0) is 38.9 Å². The highest BCUT2D eigenvalue weighted by Crippen LogP contribution is 2.10. The van der Waals surface area contributed by atoms with Crippen molar-refractivity contribution in [3.63, 3.8) is 0 Å². The predicted octanol–water partition coefficient (Wildman–Crippen LogP) is 2.03. The van der Waals surface area contributed by atoms with E-state index in [9.17, 15) is 4.79 Å². The molecule has 0 saturated carbocycles. The van der Waals surface area contributed by atoms with Crippen molar-refractivity contribution >= 4 is 5.91 Å². The van der Waals surface area contributed by atoms with Gasteiger partial charge in [0.25, 0.3) is 0 Å². The normalized spacial score (nSPS) is 16.9. The first-order valence-electron chi connectivity index (χ1n) is 8.32. The zero-order valence-electron chi connectivity index (χ0n) is 14.1. The Hall–Kier alpha value is -1.39. The Morgan fingerprint density at radius 3 is 2.50 bits per heavy atom. The highest BCUT2D eigenvalue weighted by molar-refractivity contribution is 5.78. The van der Waals surface area contributed by atoms with Crippen LogP contribution in [0.3, 0.4) is 0 Å². The summed E-state index contributed by atoms with van der Waals surface area (Å²) in [5.74, 6) is 0.143. The van der Waals surface area contributed by atoms with Gasteiger partial charge in [-0.2, -0.15) is 0 Å². The lowest BCUT2D eigenvalue weighted by Crippen LogP contribution is -2.46. The number of rotatable bonds is 6. The molecule has 1 saturated heterocycles. The summed E-state index contributed by atoms with van der Waals surface area (Å²) < 4.78 is 0. The van der Waals surface area contributed by atoms with Gasteiger partial charge < -0.3 is 10.2 Å². The number of likely N-dealkylation sites (tertiary alicyclic amines) is 1. The molecule has 1 aromatic rings. The van der Waals surface area contributed by atoms with Crippen LogP contribution in [0.15, 0.2) is 24.3 Å². The van der Waals surface area contributed by atoms with Gasteiger partial charge in [-0.1, -0.05) is 36.8 Å². The van der Waals surface area contributed by atoms with Gasteiger partial charge in [0.15, 0.2) is 0 Å². The fourth-order valence-electron chi connectivity index (χ4n) is 2.97. The number of hydrogen-bond acceptors (Lipinski definition) is 3. The van der Waals surface area contributed by atoms with Gasteiger partial charge in [-0.25, -0.2) is 0 Å². The van der Waals surface area contributed by atoms with Crippen LogP contribution in [-0.4, -0.2) is 55.0 Å². The number of aryl methyl sites for hydroxylation is 1. The molecule has 0 aromatic heterocycles. The molecule has 1 aliphatic heterocycles. The molecule has 22 heavy (non-hydrogen) atoms. The zero-order chi connectivity index (χ0) is 15.9. The number of amides is 1. The average molecular weight is 303 g/mol. The molecule has 1 fully saturated rings. The number of hydrogen-bond donors (Lipinski definition) is 1. The van der Waals surface area contributed by atoms with Gasteiger partial charge in [0.05, 0.1) is 6.54 Å². The smallest absolute Gasteiger partial charge is 0.234 e. The van der Waals surface area contributed by atoms with Gasteiger partial charge in [0, 0.05) is 25.7 Å². The van der Waals surface area contributed by atoms with Gasteiger partial charge in [0.1, 0.15) is 0 Å². The van der Waals surface area contributed by atoms with E-state index in [2.05, 4.69) is 53.2 Å². The molecule has 0 unspecified atom stereocenters. The molecule has 4 nitrogen and oxygen atoms in total. The van der Waals surface area contributed by atoms with Gasteiger partial charge in [0.2, 0.25) is 5.91 Å². The molecular weight excluding hydrogens is 274 g/mol. The first-order valence-corrected chi connectivity index (χ1v) is 8.32. The monoisotopic (exact) mass is 303 g/mol. The quantitative estimate of drug-likeness (QED) is 0.873. The molecular formula is C18H29N3O. The summed E-state index contributed by atoms with van der Waals surface area (Å²) in [5.41, 5.74) is 2.51. The van der Waals surface area contributed by atoms with E-state index in [0.717, 1.165) is 39.0 Å². The third kappa shape index (κ3) is 5.43. The van der Waals surface area contributed by atoms with Crippen molar-refractivity contribution < 1.29 is 4.79 Å². The van der Waals surface area contributed by atoms with Crippen molar-refractivity contribution in [1.29, 1.82) is 0 Å². The largest absolute Gasteiger partial charge is 0.352 e. The Balaban J connectivity index is 1.71. The number of nitrogens with zero attached hydrogens (tertiary/aromatic N) is 2. The minimum Gasteiger partial charge on any atom is -0.352 e. The van der Waals surface area contributed by atoms with Crippen molar-refractivity contribution in [2.75, 3.05) is 33.2 Å². The molecule has 1 aromatic carbocycles. The number of carbonyl (C=O) groups is 1. The lowest BCUT2D eigenvalue weighted by atomic mass is 10.1. The molecule has 1 heterocycles. The highest BCUT2D eigenvalue weighted by atomic mass is 16.2. The molecule has 0 spiro atoms. The van der Waals surface area contributed by atoms with Crippen LogP contribution < -0.4 is 5.32 Å². The Labute approximate surface area is 134 Å². The molecule has 4 heteroatoms. The van der Waals surface area contributed by atoms with Gasteiger partial charge in [-0.15, -0.1) is 0 Å². The number of likely N-dealkylation sites (N-methyl/N-ethyl adjacent to an activating group) is 1. The third-order valence-corrected chi connectivity index (χ3v) is 4.39. The standard InChI is InChI=1S/C18H29N3O/c1-4-21-11-9-17(10-12-21)19-18(22)14-20(3)13-16-7-5-15(2)6-8-16/h5-8,17H,4,9-14H2,1-3H3,(H,19,22). The molecule has 122 valence electrons. The Morgan fingerprint density at radius 2 is 1.91 bits per heavy atom. The van der Waals surface area contributed by atoms with E-state index >= 15 is 0 Å². The van der Waals surface area contributed by atoms with Crippen molar-refractivity contribution in [1.82, 2.24) is 15.1 Å². The van der Waals surface area contributed by atoms with E-state index < -0.39 is 0 Å². The minimum absolute atomic E-state index is 0.143. The van der Waals surface area contributed by atoms with Crippen LogP contribution in [-0.2, 0) is 11.3 Å². The topological polar surface area (TPSA) is 35.6 Å². The summed E-state index contributed by atoms with van der Waals surface area (Å²) in [7, 11) is 2.00. The van der Waals surface area contributed by atoms with E-state index in [1.807, 2.05) is 7.05 Å². The van der Waals surface area contributed by atoms with Crippen LogP contribution in [0.5, 0.6) is 0 Å². The van der Waals surface area contributed by atoms with Crippen molar-refractivity contribution in [3.05, 3.63) is 35.4 Å². The maximum absolute atomic E-state index is 12.2. The van der Waals surface area contributed by atoms with Crippen LogP contribution in [0.2, 0.25) is 0 Å². The maximum atomic E-state index is 12.2. The van der Waals surface area contributed by atoms with Gasteiger partial charge in [-0.3, -0.25) is 9.69 Å². The van der Waals surface area contributed by atoms with E-state index in [-0.39, 0.29) is 5.91 Å². The van der Waals surface area contributed by atoms with Crippen LogP contribution >= 0.6 is 0 Å². The summed E-state index contributed by atoms with van der Waals surface area (Å²) in [6, 6.07) is 8.84. The molecule has 0 bridgehead atoms. The average Bonchev–Trinajstić information content (AvgIpc) is 2.50. The summed E-state index contributed by atoms with van der Waals surface area (Å²) in [6.07, 6.45) is 2.14. The number of piperidine rings is 1. The number of benzene rings is 1. The molecule has 1 aliphatic rings. The van der Waals surface area contributed by atoms with E-state index in [0.29, 0.717) is 12.6 Å². The van der Waals surface area contributed by atoms with Gasteiger partial charge >= 0.3 is 0 Å². The molecule has 0 atom stereocenters. The second kappa shape index (κ2) is 8.30. The molecule has 2 rings (SSSR count). The van der Waals surface area contributed by atoms with Crippen LogP contribution in [0.1, 0.15) is 30.9 Å². The summed E-state index contributed by atoms with van der Waals surface area (Å²) >= 11 is 0. The summed E-state index contributed by atoms with van der Waals surface area (Å²) in [4.78, 5) is 16.7. The maximum Gasteiger partial charge on any atom is 0.234 e. The van der Waals surface area contributed by atoms with Crippen LogP contribution in [0.4, 0.5) is 0 Å². The fourth-order valence-corrected chi connectivity index (χ4v) is 2.97. The SMILES string of the molecule is CCN1CCC(NC(=O)CN(C)Cc2ccc(C)cc2)CC1. The van der Waals surface area contributed by atoms with Crippen LogP contribution in [0.25, 0.3) is 0 Å². The summed E-state index contributed by atoms with van der Waals surface area (Å²) in [6.45, 7) is 8.86. The number of nitrogens with one attached hydrogen (secondary N) is 1. The molecule has 1 N–H and O–H groups in total. The Morgan fingerprint density at radius 1 is 1.27 bits per heavy atom. The minimum atomic E-state index is 0.143. The van der Waals surface area contributed by atoms with Crippen molar-refractivity contribution in [2.24, 2.45) is 0 Å².